The molecule has 3 rings (SSSR count). The molecule has 0 aliphatic rings. The molecular formula is C17H17N3O5S2. The van der Waals surface area contributed by atoms with Crippen molar-refractivity contribution in [2.75, 3.05) is 4.72 Å². The second kappa shape index (κ2) is 7.12. The number of nitrogens with one attached hydrogen (secondary N) is 1. The van der Waals surface area contributed by atoms with Gasteiger partial charge in [0.15, 0.2) is 5.82 Å². The number of aromatic carboxylic acids is 1. The van der Waals surface area contributed by atoms with E-state index >= 15 is 0 Å². The number of aryl methyl sites for hydroxylation is 1. The predicted octanol–water partition coefficient (Wildman–Crippen LogP) is 3.73. The van der Waals surface area contributed by atoms with Gasteiger partial charge in [0.05, 0.1) is 0 Å². The van der Waals surface area contributed by atoms with Gasteiger partial charge in [-0.1, -0.05) is 19.0 Å². The second-order valence-corrected chi connectivity index (χ2v) is 9.14. The van der Waals surface area contributed by atoms with Crippen LogP contribution in [0, 0.1) is 6.92 Å². The summed E-state index contributed by atoms with van der Waals surface area (Å²) < 4.78 is 32.6. The Hall–Kier alpha value is -2.72. The zero-order valence-electron chi connectivity index (χ0n) is 14.8. The van der Waals surface area contributed by atoms with E-state index in [0.717, 1.165) is 0 Å². The Morgan fingerprint density at radius 1 is 1.26 bits per heavy atom. The highest BCUT2D eigenvalue weighted by Gasteiger charge is 2.22. The topological polar surface area (TPSA) is 122 Å². The van der Waals surface area contributed by atoms with E-state index in [-0.39, 0.29) is 15.0 Å². The van der Waals surface area contributed by atoms with Crippen LogP contribution in [-0.4, -0.2) is 29.6 Å². The van der Waals surface area contributed by atoms with E-state index in [9.17, 15) is 13.2 Å². The van der Waals surface area contributed by atoms with Crippen molar-refractivity contribution in [3.05, 3.63) is 46.6 Å². The van der Waals surface area contributed by atoms with E-state index in [1.807, 2.05) is 13.8 Å². The Bertz CT molecular complexity index is 1080. The van der Waals surface area contributed by atoms with Crippen molar-refractivity contribution >= 4 is 33.0 Å². The minimum atomic E-state index is -3.88. The largest absolute Gasteiger partial charge is 0.477 e. The second-order valence-electron chi connectivity index (χ2n) is 6.18. The van der Waals surface area contributed by atoms with E-state index in [1.165, 1.54) is 6.07 Å². The number of carbonyl (C=O) groups is 1. The standard InChI is InChI=1S/C17H17N3O5S2/c1-9(2)15-18-16(25-19-15)11-4-6-12(7-5-11)20-27(23,24)13-8-10(3)14(26-13)17(21)22/h4-9,20H,1-3H3,(H,21,22). The van der Waals surface area contributed by atoms with Gasteiger partial charge in [0.2, 0.25) is 0 Å². The van der Waals surface area contributed by atoms with Gasteiger partial charge in [-0.05, 0) is 42.8 Å². The summed E-state index contributed by atoms with van der Waals surface area (Å²) in [7, 11) is -3.88. The number of thiophene rings is 1. The maximum absolute atomic E-state index is 12.5. The van der Waals surface area contributed by atoms with Crippen LogP contribution in [0.2, 0.25) is 0 Å². The van der Waals surface area contributed by atoms with Crippen LogP contribution in [0.25, 0.3) is 11.5 Å². The lowest BCUT2D eigenvalue weighted by molar-refractivity contribution is 0.0701. The third-order valence-electron chi connectivity index (χ3n) is 3.70. The molecule has 142 valence electrons. The van der Waals surface area contributed by atoms with Crippen molar-refractivity contribution in [3.8, 4) is 11.5 Å². The molecule has 0 saturated carbocycles. The molecule has 2 aromatic heterocycles. The van der Waals surface area contributed by atoms with E-state index in [2.05, 4.69) is 14.9 Å². The van der Waals surface area contributed by atoms with Crippen LogP contribution >= 0.6 is 11.3 Å². The molecule has 27 heavy (non-hydrogen) atoms. The van der Waals surface area contributed by atoms with Crippen molar-refractivity contribution in [2.45, 2.75) is 30.9 Å². The monoisotopic (exact) mass is 407 g/mol. The molecule has 10 heteroatoms. The van der Waals surface area contributed by atoms with Gasteiger partial charge in [-0.3, -0.25) is 4.72 Å². The van der Waals surface area contributed by atoms with Gasteiger partial charge < -0.3 is 9.63 Å². The van der Waals surface area contributed by atoms with Gasteiger partial charge in [-0.25, -0.2) is 13.2 Å². The highest BCUT2D eigenvalue weighted by Crippen LogP contribution is 2.28. The molecule has 0 fully saturated rings. The maximum Gasteiger partial charge on any atom is 0.346 e. The molecule has 0 spiro atoms. The van der Waals surface area contributed by atoms with Crippen LogP contribution in [0.3, 0.4) is 0 Å². The molecule has 2 N–H and O–H groups in total. The Morgan fingerprint density at radius 2 is 1.93 bits per heavy atom. The van der Waals surface area contributed by atoms with Crippen LogP contribution in [0.15, 0.2) is 39.1 Å². The number of carboxylic acids is 1. The molecule has 0 aliphatic heterocycles. The first-order valence-corrected chi connectivity index (χ1v) is 10.3. The van der Waals surface area contributed by atoms with Crippen molar-refractivity contribution < 1.29 is 22.8 Å². The first kappa shape index (κ1) is 19.1. The van der Waals surface area contributed by atoms with Crippen LogP contribution < -0.4 is 4.72 Å². The fourth-order valence-electron chi connectivity index (χ4n) is 2.27. The Balaban J connectivity index is 1.81. The fourth-order valence-corrected chi connectivity index (χ4v) is 4.71. The highest BCUT2D eigenvalue weighted by atomic mass is 32.2. The molecule has 2 heterocycles. The zero-order chi connectivity index (χ0) is 19.8. The van der Waals surface area contributed by atoms with E-state index in [4.69, 9.17) is 9.63 Å². The Morgan fingerprint density at radius 3 is 2.44 bits per heavy atom. The van der Waals surface area contributed by atoms with Crippen LogP contribution in [0.1, 0.15) is 40.8 Å². The summed E-state index contributed by atoms with van der Waals surface area (Å²) in [5.74, 6) is -0.0627. The molecule has 0 aliphatic carbocycles. The molecular weight excluding hydrogens is 390 g/mol. The third-order valence-corrected chi connectivity index (χ3v) is 6.78. The van der Waals surface area contributed by atoms with Gasteiger partial charge in [0.25, 0.3) is 15.9 Å². The fraction of sp³-hybridized carbons (Fsp3) is 0.235. The minimum Gasteiger partial charge on any atom is -0.477 e. The van der Waals surface area contributed by atoms with E-state index < -0.39 is 16.0 Å². The number of rotatable bonds is 6. The van der Waals surface area contributed by atoms with Crippen molar-refractivity contribution in [3.63, 3.8) is 0 Å². The smallest absolute Gasteiger partial charge is 0.346 e. The lowest BCUT2D eigenvalue weighted by atomic mass is 10.2. The number of anilines is 1. The molecule has 3 aromatic rings. The predicted molar refractivity (Wildman–Crippen MR) is 101 cm³/mol. The summed E-state index contributed by atoms with van der Waals surface area (Å²) in [4.78, 5) is 15.4. The van der Waals surface area contributed by atoms with Gasteiger partial charge in [-0.2, -0.15) is 4.98 Å². The molecule has 0 radical (unpaired) electrons. The summed E-state index contributed by atoms with van der Waals surface area (Å²) in [6.45, 7) is 5.47. The Kier molecular flexibility index (Phi) is 5.03. The van der Waals surface area contributed by atoms with Crippen molar-refractivity contribution in [1.82, 2.24) is 10.1 Å². The number of hydrogen-bond donors (Lipinski definition) is 2. The summed E-state index contributed by atoms with van der Waals surface area (Å²) >= 11 is 0.716. The summed E-state index contributed by atoms with van der Waals surface area (Å²) in [6, 6.07) is 7.82. The van der Waals surface area contributed by atoms with Gasteiger partial charge >= 0.3 is 5.97 Å². The number of sulfonamides is 1. The normalized spacial score (nSPS) is 11.7. The first-order valence-electron chi connectivity index (χ1n) is 7.98. The number of nitrogens with zero attached hydrogens (tertiary/aromatic N) is 2. The van der Waals surface area contributed by atoms with Crippen LogP contribution in [-0.2, 0) is 10.0 Å². The lowest BCUT2D eigenvalue weighted by Gasteiger charge is -2.06. The SMILES string of the molecule is Cc1cc(S(=O)(=O)Nc2ccc(-c3nc(C(C)C)no3)cc2)sc1C(=O)O. The van der Waals surface area contributed by atoms with Crippen molar-refractivity contribution in [2.24, 2.45) is 0 Å². The molecule has 0 unspecified atom stereocenters. The van der Waals surface area contributed by atoms with Crippen LogP contribution in [0.5, 0.6) is 0 Å². The third kappa shape index (κ3) is 4.01. The average molecular weight is 407 g/mol. The van der Waals surface area contributed by atoms with Crippen molar-refractivity contribution in [1.29, 1.82) is 0 Å². The molecule has 1 aromatic carbocycles. The maximum atomic E-state index is 12.5. The quantitative estimate of drug-likeness (QED) is 0.638. The Labute approximate surface area is 159 Å². The van der Waals surface area contributed by atoms with E-state index in [1.54, 1.807) is 31.2 Å². The lowest BCUT2D eigenvalue weighted by Crippen LogP contribution is -2.11. The minimum absolute atomic E-state index is 0.00285. The van der Waals surface area contributed by atoms with Gasteiger partial charge in [-0.15, -0.1) is 11.3 Å². The molecule has 0 atom stereocenters. The number of hydrogen-bond acceptors (Lipinski definition) is 7. The van der Waals surface area contributed by atoms with Gasteiger partial charge in [0, 0.05) is 17.2 Å². The highest BCUT2D eigenvalue weighted by molar-refractivity contribution is 7.94. The number of benzene rings is 1. The number of aromatic nitrogens is 2. The average Bonchev–Trinajstić information content (AvgIpc) is 3.22. The summed E-state index contributed by atoms with van der Waals surface area (Å²) in [6.07, 6.45) is 0. The first-order chi connectivity index (χ1) is 12.7. The molecule has 0 saturated heterocycles. The zero-order valence-corrected chi connectivity index (χ0v) is 16.4. The number of carboxylic acid groups (broad SMARTS) is 1. The van der Waals surface area contributed by atoms with E-state index in [0.29, 0.717) is 39.9 Å². The molecule has 0 amide bonds. The molecule has 8 nitrogen and oxygen atoms in total. The molecule has 0 bridgehead atoms. The van der Waals surface area contributed by atoms with Crippen LogP contribution in [0.4, 0.5) is 5.69 Å². The summed E-state index contributed by atoms with van der Waals surface area (Å²) in [5, 5.41) is 13.0. The van der Waals surface area contributed by atoms with Gasteiger partial charge in [0.1, 0.15) is 9.09 Å². The summed E-state index contributed by atoms with van der Waals surface area (Å²) in [5.41, 5.74) is 1.41.